The van der Waals surface area contributed by atoms with Crippen molar-refractivity contribution in [2.75, 3.05) is 20.8 Å². The maximum Gasteiger partial charge on any atom is 0.348 e. The predicted molar refractivity (Wildman–Crippen MR) is 94.2 cm³/mol. The van der Waals surface area contributed by atoms with Gasteiger partial charge < -0.3 is 14.8 Å². The van der Waals surface area contributed by atoms with Crippen LogP contribution in [0.4, 0.5) is 0 Å². The summed E-state index contributed by atoms with van der Waals surface area (Å²) in [6.45, 7) is 3.96. The lowest BCUT2D eigenvalue weighted by Crippen LogP contribution is -2.35. The van der Waals surface area contributed by atoms with Gasteiger partial charge in [0.25, 0.3) is 0 Å². The van der Waals surface area contributed by atoms with Crippen molar-refractivity contribution in [1.29, 1.82) is 0 Å². The van der Waals surface area contributed by atoms with Gasteiger partial charge in [0.15, 0.2) is 11.5 Å². The topological polar surface area (TPSA) is 82.5 Å². The number of nitrogens with zero attached hydrogens (tertiary/aromatic N) is 2. The maximum atomic E-state index is 12.1. The van der Waals surface area contributed by atoms with Crippen LogP contribution >= 0.6 is 0 Å². The highest BCUT2D eigenvalue weighted by Gasteiger charge is 2.09. The van der Waals surface area contributed by atoms with Gasteiger partial charge in [-0.15, -0.1) is 0 Å². The Hall–Kier alpha value is -2.83. The molecule has 7 heteroatoms. The number of nitrogens with one attached hydrogen (secondary N) is 1. The molecule has 0 aliphatic heterocycles. The Morgan fingerprint density at radius 3 is 2.52 bits per heavy atom. The summed E-state index contributed by atoms with van der Waals surface area (Å²) in [5.74, 6) is 1.09. The Morgan fingerprint density at radius 1 is 1.16 bits per heavy atom. The van der Waals surface area contributed by atoms with Crippen molar-refractivity contribution in [2.45, 2.75) is 26.8 Å². The number of aryl methyl sites for hydroxylation is 2. The number of carbonyl (C=O) groups excluding carboxylic acids is 1. The first-order chi connectivity index (χ1) is 11.9. The van der Waals surface area contributed by atoms with Crippen LogP contribution in [-0.2, 0) is 17.8 Å². The van der Waals surface area contributed by atoms with Crippen molar-refractivity contribution >= 4 is 5.91 Å². The highest BCUT2D eigenvalue weighted by Crippen LogP contribution is 2.27. The number of aromatic nitrogens is 2. The third-order valence-electron chi connectivity index (χ3n) is 3.83. The van der Waals surface area contributed by atoms with Crippen LogP contribution in [0, 0.1) is 13.8 Å². The van der Waals surface area contributed by atoms with E-state index in [1.807, 2.05) is 18.2 Å². The average molecular weight is 345 g/mol. The summed E-state index contributed by atoms with van der Waals surface area (Å²) in [6.07, 6.45) is 0.645. The lowest BCUT2D eigenvalue weighted by Gasteiger charge is -2.11. The normalized spacial score (nSPS) is 10.4. The summed E-state index contributed by atoms with van der Waals surface area (Å²) in [6, 6.07) is 7.41. The van der Waals surface area contributed by atoms with E-state index >= 15 is 0 Å². The first-order valence-electron chi connectivity index (χ1n) is 7.97. The fourth-order valence-corrected chi connectivity index (χ4v) is 2.55. The van der Waals surface area contributed by atoms with Crippen LogP contribution in [0.1, 0.15) is 17.0 Å². The molecule has 0 spiro atoms. The molecule has 1 amide bonds. The van der Waals surface area contributed by atoms with Crippen LogP contribution in [-0.4, -0.2) is 36.2 Å². The van der Waals surface area contributed by atoms with Gasteiger partial charge in [0.05, 0.1) is 14.2 Å². The molecule has 0 aliphatic carbocycles. The van der Waals surface area contributed by atoms with Gasteiger partial charge in [-0.25, -0.2) is 4.79 Å². The second-order valence-electron chi connectivity index (χ2n) is 5.70. The lowest BCUT2D eigenvalue weighted by atomic mass is 10.1. The van der Waals surface area contributed by atoms with Crippen LogP contribution in [0.25, 0.3) is 0 Å². The van der Waals surface area contributed by atoms with E-state index in [0.29, 0.717) is 35.9 Å². The number of ether oxygens (including phenoxy) is 2. The van der Waals surface area contributed by atoms with Crippen LogP contribution in [0.15, 0.2) is 29.1 Å². The maximum absolute atomic E-state index is 12.1. The third-order valence-corrected chi connectivity index (χ3v) is 3.83. The SMILES string of the molecule is COc1ccc(CCNC(=O)Cn2c(C)cc(C)nc2=O)cc1OC. The van der Waals surface area contributed by atoms with Crippen LogP contribution in [0.5, 0.6) is 11.5 Å². The molecule has 0 atom stereocenters. The Balaban J connectivity index is 1.92. The van der Waals surface area contributed by atoms with Crippen LogP contribution in [0.2, 0.25) is 0 Å². The van der Waals surface area contributed by atoms with Crippen molar-refractivity contribution in [3.05, 3.63) is 51.7 Å². The summed E-state index contributed by atoms with van der Waals surface area (Å²) < 4.78 is 11.8. The van der Waals surface area contributed by atoms with E-state index in [0.717, 1.165) is 5.56 Å². The molecular weight excluding hydrogens is 322 g/mol. The van der Waals surface area contributed by atoms with E-state index in [1.54, 1.807) is 34.1 Å². The van der Waals surface area contributed by atoms with Gasteiger partial charge in [0.1, 0.15) is 6.54 Å². The number of carbonyl (C=O) groups is 1. The van der Waals surface area contributed by atoms with Crippen molar-refractivity contribution in [2.24, 2.45) is 0 Å². The van der Waals surface area contributed by atoms with Gasteiger partial charge in [-0.2, -0.15) is 4.98 Å². The molecule has 7 nitrogen and oxygen atoms in total. The van der Waals surface area contributed by atoms with E-state index < -0.39 is 5.69 Å². The largest absolute Gasteiger partial charge is 0.493 e. The van der Waals surface area contributed by atoms with Crippen LogP contribution in [0.3, 0.4) is 0 Å². The Kier molecular flexibility index (Phi) is 6.16. The predicted octanol–water partition coefficient (Wildman–Crippen LogP) is 1.24. The summed E-state index contributed by atoms with van der Waals surface area (Å²) >= 11 is 0. The molecule has 0 saturated carbocycles. The minimum absolute atomic E-state index is 0.0378. The molecule has 25 heavy (non-hydrogen) atoms. The number of amides is 1. The standard InChI is InChI=1S/C18H23N3O4/c1-12-9-13(2)21(18(23)20-12)11-17(22)19-8-7-14-5-6-15(24-3)16(10-14)25-4/h5-6,9-10H,7-8,11H2,1-4H3,(H,19,22). The van der Waals surface area contributed by atoms with Crippen molar-refractivity contribution < 1.29 is 14.3 Å². The minimum Gasteiger partial charge on any atom is -0.493 e. The molecule has 2 rings (SSSR count). The highest BCUT2D eigenvalue weighted by molar-refractivity contribution is 5.75. The molecule has 0 saturated heterocycles. The molecule has 0 aliphatic rings. The summed E-state index contributed by atoms with van der Waals surface area (Å²) in [4.78, 5) is 27.8. The van der Waals surface area contributed by atoms with Crippen molar-refractivity contribution in [3.63, 3.8) is 0 Å². The Morgan fingerprint density at radius 2 is 1.88 bits per heavy atom. The molecule has 134 valence electrons. The Labute approximate surface area is 146 Å². The van der Waals surface area contributed by atoms with E-state index in [9.17, 15) is 9.59 Å². The average Bonchev–Trinajstić information content (AvgIpc) is 2.58. The highest BCUT2D eigenvalue weighted by atomic mass is 16.5. The molecular formula is C18H23N3O4. The van der Waals surface area contributed by atoms with Gasteiger partial charge >= 0.3 is 5.69 Å². The van der Waals surface area contributed by atoms with E-state index in [1.165, 1.54) is 4.57 Å². The smallest absolute Gasteiger partial charge is 0.348 e. The van der Waals surface area contributed by atoms with E-state index in [4.69, 9.17) is 9.47 Å². The van der Waals surface area contributed by atoms with Crippen molar-refractivity contribution in [1.82, 2.24) is 14.9 Å². The first-order valence-corrected chi connectivity index (χ1v) is 7.97. The molecule has 0 unspecified atom stereocenters. The Bertz CT molecular complexity index is 814. The second kappa shape index (κ2) is 8.32. The fourth-order valence-electron chi connectivity index (χ4n) is 2.55. The molecule has 0 radical (unpaired) electrons. The molecule has 1 aromatic carbocycles. The molecule has 1 aromatic heterocycles. The van der Waals surface area contributed by atoms with Gasteiger partial charge in [-0.3, -0.25) is 9.36 Å². The zero-order valence-electron chi connectivity index (χ0n) is 15.0. The van der Waals surface area contributed by atoms with Crippen molar-refractivity contribution in [3.8, 4) is 11.5 Å². The first kappa shape index (κ1) is 18.5. The molecule has 0 fully saturated rings. The molecule has 0 bridgehead atoms. The number of benzene rings is 1. The number of hydrogen-bond acceptors (Lipinski definition) is 5. The van der Waals surface area contributed by atoms with E-state index in [-0.39, 0.29) is 12.5 Å². The zero-order chi connectivity index (χ0) is 18.4. The molecule has 1 N–H and O–H groups in total. The van der Waals surface area contributed by atoms with Gasteiger partial charge in [-0.1, -0.05) is 6.07 Å². The lowest BCUT2D eigenvalue weighted by molar-refractivity contribution is -0.121. The molecule has 1 heterocycles. The number of rotatable bonds is 7. The third kappa shape index (κ3) is 4.82. The quantitative estimate of drug-likeness (QED) is 0.816. The van der Waals surface area contributed by atoms with Gasteiger partial charge in [0, 0.05) is 17.9 Å². The minimum atomic E-state index is -0.410. The monoisotopic (exact) mass is 345 g/mol. The zero-order valence-corrected chi connectivity index (χ0v) is 15.0. The summed E-state index contributed by atoms with van der Waals surface area (Å²) in [5.41, 5.74) is 1.97. The van der Waals surface area contributed by atoms with E-state index in [2.05, 4.69) is 10.3 Å². The second-order valence-corrected chi connectivity index (χ2v) is 5.70. The van der Waals surface area contributed by atoms with Gasteiger partial charge in [-0.05, 0) is 44.0 Å². The number of hydrogen-bond donors (Lipinski definition) is 1. The fraction of sp³-hybridized carbons (Fsp3) is 0.389. The summed E-state index contributed by atoms with van der Waals surface area (Å²) in [7, 11) is 3.17. The van der Waals surface area contributed by atoms with Crippen LogP contribution < -0.4 is 20.5 Å². The number of methoxy groups -OCH3 is 2. The summed E-state index contributed by atoms with van der Waals surface area (Å²) in [5, 5.41) is 2.82. The van der Waals surface area contributed by atoms with Gasteiger partial charge in [0.2, 0.25) is 5.91 Å². The molecule has 2 aromatic rings.